The first-order valence-electron chi connectivity index (χ1n) is 3.84. The zero-order valence-electron chi connectivity index (χ0n) is 7.08. The van der Waals surface area contributed by atoms with Gasteiger partial charge in [-0.15, -0.1) is 0 Å². The van der Waals surface area contributed by atoms with E-state index in [2.05, 4.69) is 27.8 Å². The molecule has 1 aromatic carbocycles. The number of hydrogen-bond acceptors (Lipinski definition) is 0. The Balaban J connectivity index is 3.04. The van der Waals surface area contributed by atoms with Crippen molar-refractivity contribution in [2.75, 3.05) is 5.33 Å². The highest BCUT2D eigenvalue weighted by atomic mass is 79.9. The molecule has 0 nitrogen and oxygen atoms in total. The summed E-state index contributed by atoms with van der Waals surface area (Å²) in [6.07, 6.45) is 0.498. The molecule has 14 heavy (non-hydrogen) atoms. The van der Waals surface area contributed by atoms with Gasteiger partial charge in [-0.3, -0.25) is 0 Å². The average Bonchev–Trinajstić information content (AvgIpc) is 2.13. The molecule has 0 unspecified atom stereocenters. The SMILES string of the molecule is Fc1cc(F)c(F)c(C#CCCBr)c1. The van der Waals surface area contributed by atoms with Crippen LogP contribution in [0.15, 0.2) is 12.1 Å². The summed E-state index contributed by atoms with van der Waals surface area (Å²) in [6, 6.07) is 1.37. The van der Waals surface area contributed by atoms with Crippen molar-refractivity contribution in [1.29, 1.82) is 0 Å². The molecule has 0 fully saturated rings. The fraction of sp³-hybridized carbons (Fsp3) is 0.200. The molecule has 0 aliphatic heterocycles. The minimum Gasteiger partial charge on any atom is -0.207 e. The van der Waals surface area contributed by atoms with E-state index in [9.17, 15) is 13.2 Å². The lowest BCUT2D eigenvalue weighted by molar-refractivity contribution is 0.492. The highest BCUT2D eigenvalue weighted by molar-refractivity contribution is 9.09. The number of halogens is 4. The molecule has 1 aromatic rings. The molecule has 4 heteroatoms. The number of rotatable bonds is 1. The maximum absolute atomic E-state index is 13.0. The zero-order valence-corrected chi connectivity index (χ0v) is 8.67. The van der Waals surface area contributed by atoms with Crippen LogP contribution in [0, 0.1) is 29.3 Å². The number of benzene rings is 1. The third kappa shape index (κ3) is 2.78. The molecule has 1 rings (SSSR count). The van der Waals surface area contributed by atoms with Crippen LogP contribution in [0.1, 0.15) is 12.0 Å². The van der Waals surface area contributed by atoms with Gasteiger partial charge in [0.1, 0.15) is 5.82 Å². The minimum atomic E-state index is -1.21. The molecule has 0 aliphatic carbocycles. The zero-order chi connectivity index (χ0) is 10.6. The van der Waals surface area contributed by atoms with E-state index in [1.807, 2.05) is 0 Å². The van der Waals surface area contributed by atoms with E-state index in [-0.39, 0.29) is 5.56 Å². The van der Waals surface area contributed by atoms with Gasteiger partial charge in [0.15, 0.2) is 11.6 Å². The summed E-state index contributed by atoms with van der Waals surface area (Å²) in [5.41, 5.74) is -0.247. The molecule has 0 saturated carbocycles. The van der Waals surface area contributed by atoms with Crippen molar-refractivity contribution < 1.29 is 13.2 Å². The molecule has 0 atom stereocenters. The van der Waals surface area contributed by atoms with Crippen molar-refractivity contribution in [1.82, 2.24) is 0 Å². The Hall–Kier alpha value is -0.950. The van der Waals surface area contributed by atoms with Crippen LogP contribution in [-0.2, 0) is 0 Å². The van der Waals surface area contributed by atoms with Crippen molar-refractivity contribution in [2.24, 2.45) is 0 Å². The Morgan fingerprint density at radius 3 is 2.57 bits per heavy atom. The van der Waals surface area contributed by atoms with E-state index >= 15 is 0 Å². The summed E-state index contributed by atoms with van der Waals surface area (Å²) in [7, 11) is 0. The normalized spacial score (nSPS) is 9.43. The van der Waals surface area contributed by atoms with E-state index in [0.29, 0.717) is 17.8 Å². The number of hydrogen-bond donors (Lipinski definition) is 0. The summed E-state index contributed by atoms with van der Waals surface area (Å²) in [4.78, 5) is 0. The summed E-state index contributed by atoms with van der Waals surface area (Å²) in [5, 5.41) is 0.638. The van der Waals surface area contributed by atoms with Crippen LogP contribution >= 0.6 is 15.9 Å². The van der Waals surface area contributed by atoms with Crippen LogP contribution in [0.3, 0.4) is 0 Å². The van der Waals surface area contributed by atoms with Crippen molar-refractivity contribution in [2.45, 2.75) is 6.42 Å². The Morgan fingerprint density at radius 1 is 1.21 bits per heavy atom. The minimum absolute atomic E-state index is 0.247. The first-order valence-corrected chi connectivity index (χ1v) is 4.96. The van der Waals surface area contributed by atoms with E-state index < -0.39 is 17.5 Å². The molecule has 74 valence electrons. The molecule has 0 saturated heterocycles. The van der Waals surface area contributed by atoms with Crippen LogP contribution in [0.2, 0.25) is 0 Å². The van der Waals surface area contributed by atoms with Gasteiger partial charge < -0.3 is 0 Å². The van der Waals surface area contributed by atoms with E-state index in [1.165, 1.54) is 0 Å². The van der Waals surface area contributed by atoms with Crippen LogP contribution < -0.4 is 0 Å². The van der Waals surface area contributed by atoms with Gasteiger partial charge in [-0.05, 0) is 6.07 Å². The summed E-state index contributed by atoms with van der Waals surface area (Å²) >= 11 is 3.13. The van der Waals surface area contributed by atoms with Crippen molar-refractivity contribution >= 4 is 15.9 Å². The van der Waals surface area contributed by atoms with Gasteiger partial charge in [-0.2, -0.15) is 0 Å². The van der Waals surface area contributed by atoms with E-state index in [1.54, 1.807) is 0 Å². The Bertz CT molecular complexity index is 390. The molecule has 0 aliphatic rings. The van der Waals surface area contributed by atoms with Gasteiger partial charge in [0.05, 0.1) is 5.56 Å². The Morgan fingerprint density at radius 2 is 1.93 bits per heavy atom. The topological polar surface area (TPSA) is 0 Å². The van der Waals surface area contributed by atoms with Crippen molar-refractivity contribution in [3.63, 3.8) is 0 Å². The van der Waals surface area contributed by atoms with Gasteiger partial charge in [-0.25, -0.2) is 13.2 Å². The molecule has 0 radical (unpaired) electrons. The molecule has 0 heterocycles. The van der Waals surface area contributed by atoms with Crippen molar-refractivity contribution in [3.8, 4) is 11.8 Å². The predicted molar refractivity (Wildman–Crippen MR) is 51.6 cm³/mol. The lowest BCUT2D eigenvalue weighted by atomic mass is 10.2. The van der Waals surface area contributed by atoms with Crippen molar-refractivity contribution in [3.05, 3.63) is 35.1 Å². The standard InChI is InChI=1S/C10H6BrF3/c11-4-2-1-3-7-5-8(12)6-9(13)10(7)14/h5-6H,2,4H2. The van der Waals surface area contributed by atoms with E-state index in [4.69, 9.17) is 0 Å². The predicted octanol–water partition coefficient (Wildman–Crippen LogP) is 3.24. The second-order valence-electron chi connectivity index (χ2n) is 2.49. The summed E-state index contributed by atoms with van der Waals surface area (Å²) < 4.78 is 38.2. The maximum Gasteiger partial charge on any atom is 0.174 e. The first kappa shape index (κ1) is 11.1. The van der Waals surface area contributed by atoms with Gasteiger partial charge in [0, 0.05) is 17.8 Å². The maximum atomic E-state index is 13.0. The van der Waals surface area contributed by atoms with Gasteiger partial charge in [0.2, 0.25) is 0 Å². The molecule has 0 aromatic heterocycles. The highest BCUT2D eigenvalue weighted by Crippen LogP contribution is 2.12. The average molecular weight is 263 g/mol. The smallest absolute Gasteiger partial charge is 0.174 e. The first-order chi connectivity index (χ1) is 6.65. The second-order valence-corrected chi connectivity index (χ2v) is 3.28. The molecular weight excluding hydrogens is 257 g/mol. The van der Waals surface area contributed by atoms with Gasteiger partial charge in [-0.1, -0.05) is 27.8 Å². The van der Waals surface area contributed by atoms with Gasteiger partial charge >= 0.3 is 0 Å². The van der Waals surface area contributed by atoms with Crippen LogP contribution in [0.25, 0.3) is 0 Å². The Kier molecular flexibility index (Phi) is 4.02. The molecular formula is C10H6BrF3. The van der Waals surface area contributed by atoms with Crippen LogP contribution in [0.5, 0.6) is 0 Å². The molecule has 0 N–H and O–H groups in total. The summed E-state index contributed by atoms with van der Waals surface area (Å²) in [5.74, 6) is 1.79. The fourth-order valence-corrected chi connectivity index (χ4v) is 1.05. The molecule has 0 bridgehead atoms. The largest absolute Gasteiger partial charge is 0.207 e. The van der Waals surface area contributed by atoms with Gasteiger partial charge in [0.25, 0.3) is 0 Å². The third-order valence-electron chi connectivity index (χ3n) is 1.44. The lowest BCUT2D eigenvalue weighted by Crippen LogP contribution is -1.91. The second kappa shape index (κ2) is 5.06. The van der Waals surface area contributed by atoms with E-state index in [0.717, 1.165) is 6.07 Å². The lowest BCUT2D eigenvalue weighted by Gasteiger charge is -1.96. The molecule has 0 spiro atoms. The summed E-state index contributed by atoms with van der Waals surface area (Å²) in [6.45, 7) is 0. The Labute approximate surface area is 88.3 Å². The number of alkyl halides is 1. The quantitative estimate of drug-likeness (QED) is 0.414. The van der Waals surface area contributed by atoms with Crippen LogP contribution in [-0.4, -0.2) is 5.33 Å². The third-order valence-corrected chi connectivity index (χ3v) is 1.83. The monoisotopic (exact) mass is 262 g/mol. The highest BCUT2D eigenvalue weighted by Gasteiger charge is 2.08. The molecule has 0 amide bonds. The van der Waals surface area contributed by atoms with Crippen LogP contribution in [0.4, 0.5) is 13.2 Å². The fourth-order valence-electron chi connectivity index (χ4n) is 0.852.